The van der Waals surface area contributed by atoms with Crippen LogP contribution in [0.4, 0.5) is 0 Å². The van der Waals surface area contributed by atoms with E-state index in [9.17, 15) is 0 Å². The first-order valence-electron chi connectivity index (χ1n) is 36.9. The van der Waals surface area contributed by atoms with Crippen molar-refractivity contribution >= 4 is 74.3 Å². The molecule has 0 saturated heterocycles. The predicted octanol–water partition coefficient (Wildman–Crippen LogP) is 17.1. The summed E-state index contributed by atoms with van der Waals surface area (Å²) < 4.78 is 68.4. The lowest BCUT2D eigenvalue weighted by Gasteiger charge is -2.09. The van der Waals surface area contributed by atoms with Crippen LogP contribution < -0.4 is 61.2 Å². The summed E-state index contributed by atoms with van der Waals surface area (Å²) in [6.45, 7) is 29.7. The van der Waals surface area contributed by atoms with Gasteiger partial charge in [0.25, 0.3) is 0 Å². The number of ether oxygens (including phenoxy) is 6. The highest BCUT2D eigenvalue weighted by atomic mass is 16.5. The van der Waals surface area contributed by atoms with Crippen LogP contribution in [0.1, 0.15) is 66.9 Å². The molecule has 0 unspecified atom stereocenters. The molecule has 0 bridgehead atoms. The van der Waals surface area contributed by atoms with E-state index in [1.54, 1.807) is 12.4 Å². The Kier molecular flexibility index (Phi) is 24.8. The van der Waals surface area contributed by atoms with Gasteiger partial charge in [-0.3, -0.25) is 0 Å². The molecule has 0 fully saturated rings. The normalized spacial score (nSPS) is 13.6. The molecule has 108 heavy (non-hydrogen) atoms. The fourth-order valence-electron chi connectivity index (χ4n) is 13.2. The molecule has 6 aliphatic heterocycles. The van der Waals surface area contributed by atoms with Gasteiger partial charge < -0.3 is 56.3 Å². The van der Waals surface area contributed by atoms with Crippen molar-refractivity contribution in [2.75, 3.05) is 0 Å². The van der Waals surface area contributed by atoms with Gasteiger partial charge >= 0.3 is 41.5 Å². The summed E-state index contributed by atoms with van der Waals surface area (Å²) in [5.41, 5.74) is 21.5. The third-order valence-electron chi connectivity index (χ3n) is 19.4. The summed E-state index contributed by atoms with van der Waals surface area (Å²) in [7, 11) is 0. The summed E-state index contributed by atoms with van der Waals surface area (Å²) in [5.74, 6) is 9.60. The molecule has 0 radical (unpaired) electrons. The van der Waals surface area contributed by atoms with Gasteiger partial charge in [0.2, 0.25) is 17.6 Å². The number of hydrogen-bond acceptors (Lipinski definition) is 15. The summed E-state index contributed by atoms with van der Waals surface area (Å²) in [4.78, 5) is 12.8. The first-order chi connectivity index (χ1) is 52.4. The lowest BCUT2D eigenvalue weighted by Crippen LogP contribution is -2.23. The second-order valence-corrected chi connectivity index (χ2v) is 27.8. The van der Waals surface area contributed by atoms with E-state index >= 15 is 0 Å². The Morgan fingerprint density at radius 1 is 0.278 bits per heavy atom. The maximum absolute atomic E-state index is 5.91. The molecule has 21 heteroatoms. The number of aryl methyl sites for hydroxylation is 6. The Hall–Kier alpha value is -10.6. The molecule has 0 spiro atoms. The number of benzene rings is 9. The Labute approximate surface area is 637 Å². The number of pyridine rings is 3. The van der Waals surface area contributed by atoms with Gasteiger partial charge in [-0.1, -0.05) is 144 Å². The van der Waals surface area contributed by atoms with Crippen LogP contribution in [-0.4, -0.2) is 56.4 Å². The monoisotopic (exact) mass is 1430 g/mol. The quantitative estimate of drug-likeness (QED) is 0.107. The zero-order valence-corrected chi connectivity index (χ0v) is 63.5. The van der Waals surface area contributed by atoms with Crippen LogP contribution in [0.25, 0.3) is 0 Å². The van der Waals surface area contributed by atoms with E-state index in [1.807, 2.05) is 191 Å². The number of nitrogens with zero attached hydrogens (tertiary/aromatic N) is 3. The first kappa shape index (κ1) is 75.6. The minimum absolute atomic E-state index is 0.186. The van der Waals surface area contributed by atoms with Crippen molar-refractivity contribution in [2.45, 2.75) is 122 Å². The molecule has 15 nitrogen and oxygen atoms in total. The molecule has 9 aromatic carbocycles. The second-order valence-electron chi connectivity index (χ2n) is 27.8. The lowest BCUT2D eigenvalue weighted by molar-refractivity contribution is 0.333. The van der Waals surface area contributed by atoms with Crippen molar-refractivity contribution in [2.24, 2.45) is 0 Å². The van der Waals surface area contributed by atoms with E-state index in [0.717, 1.165) is 74.1 Å². The molecule has 3 aromatic heterocycles. The van der Waals surface area contributed by atoms with Gasteiger partial charge in [-0.15, -0.1) is 0 Å². The van der Waals surface area contributed by atoms with Gasteiger partial charge in [0, 0.05) is 35.8 Å². The van der Waals surface area contributed by atoms with Crippen molar-refractivity contribution in [1.29, 1.82) is 0 Å². The van der Waals surface area contributed by atoms with Crippen LogP contribution in [0.15, 0.2) is 237 Å². The van der Waals surface area contributed by atoms with Gasteiger partial charge in [0.15, 0.2) is 0 Å². The van der Waals surface area contributed by atoms with Crippen molar-refractivity contribution < 1.29 is 56.3 Å². The third kappa shape index (κ3) is 19.8. The van der Waals surface area contributed by atoms with Gasteiger partial charge in [0.05, 0.1) is 39.6 Å². The number of fused-ring (bicyclic) bond motifs is 6. The van der Waals surface area contributed by atoms with Crippen molar-refractivity contribution in [3.05, 3.63) is 304 Å². The van der Waals surface area contributed by atoms with Crippen LogP contribution >= 0.6 is 0 Å². The van der Waals surface area contributed by atoms with Gasteiger partial charge in [-0.2, -0.15) is 0 Å². The molecule has 6 aliphatic rings. The van der Waals surface area contributed by atoms with Crippen LogP contribution in [0.2, 0.25) is 40.9 Å². The summed E-state index contributed by atoms with van der Waals surface area (Å²) in [6.07, 6.45) is 3.54. The van der Waals surface area contributed by atoms with E-state index in [1.165, 1.54) is 77.3 Å². The number of rotatable bonds is 12. The zero-order valence-electron chi connectivity index (χ0n) is 63.5. The summed E-state index contributed by atoms with van der Waals surface area (Å²) in [5, 5.41) is 0. The smallest absolute Gasteiger partial charge is 0.324 e. The Morgan fingerprint density at radius 3 is 1.08 bits per heavy atom. The first-order valence-corrected chi connectivity index (χ1v) is 36.9. The number of para-hydroxylation sites is 1. The molecule has 18 rings (SSSR count). The van der Waals surface area contributed by atoms with Gasteiger partial charge in [0.1, 0.15) is 51.7 Å². The van der Waals surface area contributed by atoms with Gasteiger partial charge in [-0.05, 0) is 240 Å². The Morgan fingerprint density at radius 2 is 0.657 bits per heavy atom. The highest BCUT2D eigenvalue weighted by molar-refractivity contribution is 6.69. The largest absolute Gasteiger partial charge is 0.457 e. The lowest BCUT2D eigenvalue weighted by atomic mass is 9.64. The zero-order chi connectivity index (χ0) is 75.2. The number of aromatic nitrogens is 3. The molecule has 12 aromatic rings. The fraction of sp³-hybridized carbons (Fsp3) is 0.207. The van der Waals surface area contributed by atoms with Crippen LogP contribution in [0, 0.1) is 41.5 Å². The topological polar surface area (TPSA) is 149 Å². The van der Waals surface area contributed by atoms with E-state index < -0.39 is 0 Å². The Balaban J connectivity index is 0.000000114. The standard InChI is InChI=1S/3C15H15BO2.3C14H14BNO2/c1-11-3-5-13(6-4-11)18-14-7-8-15-12(9-14)10-17-16(15)2;1-11-4-3-5-13(8-11)18-14-6-7-15-12(9-14)10-17-16(15)2;1-11-5-3-4-6-15(11)18-13-7-8-14-12(9-13)10-17-16(14)2;1-10-3-6-14(16-8-10)18-12-4-5-13-11(7-12)9-17-15(13)2;1-10-4-3-7-16-14(10)18-12-5-6-13-11(8-12)9-17-15(13)2;1-10-4-3-5-14(16-10)18-12-6-7-13-11(8-12)9-17-15(13)2/h3*3-9H,10H2,1-2H3;3*3-8H,9H2,1-2H3. The molecule has 0 saturated carbocycles. The van der Waals surface area contributed by atoms with Crippen LogP contribution in [-0.2, 0) is 67.6 Å². The SMILES string of the molecule is CB1OCc2cc(Oc3ccc(C)cc3)ccc21.CB1OCc2cc(Oc3ccc(C)cn3)ccc21.CB1OCc2cc(Oc3cccc(C)c3)ccc21.CB1OCc2cc(Oc3cccc(C)n3)ccc21.CB1OCc2cc(Oc3ccccc3C)ccc21.CB1OCc2cc(Oc3ncccc3C)ccc21. The van der Waals surface area contributed by atoms with Crippen LogP contribution in [0.3, 0.4) is 0 Å². The molecule has 540 valence electrons. The van der Waals surface area contributed by atoms with Crippen molar-refractivity contribution in [3.8, 4) is 69.4 Å². The minimum Gasteiger partial charge on any atom is -0.457 e. The second kappa shape index (κ2) is 35.4. The molecule has 0 N–H and O–H groups in total. The molecule has 0 aliphatic carbocycles. The maximum Gasteiger partial charge on any atom is 0.324 e. The van der Waals surface area contributed by atoms with Crippen molar-refractivity contribution in [1.82, 2.24) is 15.0 Å². The molecular formula is C87H87B6N3O12. The van der Waals surface area contributed by atoms with E-state index in [-0.39, 0.29) is 41.5 Å². The molecule has 0 amide bonds. The highest BCUT2D eigenvalue weighted by Crippen LogP contribution is 2.31. The van der Waals surface area contributed by atoms with E-state index in [0.29, 0.717) is 57.3 Å². The fourth-order valence-corrected chi connectivity index (χ4v) is 13.2. The predicted molar refractivity (Wildman–Crippen MR) is 436 cm³/mol. The van der Waals surface area contributed by atoms with Crippen LogP contribution in [0.5, 0.6) is 69.4 Å². The van der Waals surface area contributed by atoms with Crippen molar-refractivity contribution in [3.63, 3.8) is 0 Å². The van der Waals surface area contributed by atoms with E-state index in [4.69, 9.17) is 56.3 Å². The molecule has 0 atom stereocenters. The molecule has 9 heterocycles. The van der Waals surface area contributed by atoms with E-state index in [2.05, 4.69) is 130 Å². The summed E-state index contributed by atoms with van der Waals surface area (Å²) in [6, 6.07) is 74.4. The highest BCUT2D eigenvalue weighted by Gasteiger charge is 2.29. The summed E-state index contributed by atoms with van der Waals surface area (Å²) >= 11 is 0. The Bertz CT molecular complexity index is 4780. The number of hydrogen-bond donors (Lipinski definition) is 0. The molecular weight excluding hydrogens is 1340 g/mol. The minimum atomic E-state index is 0.186. The average Bonchev–Trinajstić information content (AvgIpc) is 1.69. The van der Waals surface area contributed by atoms with Gasteiger partial charge in [-0.25, -0.2) is 15.0 Å². The average molecular weight is 1430 g/mol. The maximum atomic E-state index is 5.91. The third-order valence-corrected chi connectivity index (χ3v) is 19.4.